The van der Waals surface area contributed by atoms with Gasteiger partial charge >= 0.3 is 0 Å². The third-order valence-corrected chi connectivity index (χ3v) is 12.0. The summed E-state index contributed by atoms with van der Waals surface area (Å²) in [6, 6.07) is 18.2. The number of anilines is 2. The molecule has 3 N–H and O–H groups in total. The van der Waals surface area contributed by atoms with Gasteiger partial charge in [0, 0.05) is 74.7 Å². The maximum Gasteiger partial charge on any atom is 0.264 e. The molecule has 5 aromatic rings. The Labute approximate surface area is 335 Å². The summed E-state index contributed by atoms with van der Waals surface area (Å²) in [7, 11) is 0. The number of H-pyrrole nitrogens is 1. The van der Waals surface area contributed by atoms with Gasteiger partial charge in [-0.15, -0.1) is 0 Å². The van der Waals surface area contributed by atoms with Gasteiger partial charge in [0.2, 0.25) is 11.8 Å². The fourth-order valence-electron chi connectivity index (χ4n) is 8.71. The average molecular weight is 783 g/mol. The van der Waals surface area contributed by atoms with E-state index < -0.39 is 29.7 Å². The van der Waals surface area contributed by atoms with Gasteiger partial charge in [-0.1, -0.05) is 18.2 Å². The average Bonchev–Trinajstić information content (AvgIpc) is 4.02. The molecule has 0 saturated carbocycles. The number of carbonyl (C=O) groups excluding carboxylic acids is 5. The van der Waals surface area contributed by atoms with Crippen LogP contribution in [0, 0.1) is 0 Å². The van der Waals surface area contributed by atoms with E-state index in [4.69, 9.17) is 4.98 Å². The molecule has 15 heteroatoms. The van der Waals surface area contributed by atoms with Crippen molar-refractivity contribution in [1.29, 1.82) is 0 Å². The summed E-state index contributed by atoms with van der Waals surface area (Å²) in [5.74, 6) is -1.22. The van der Waals surface area contributed by atoms with Crippen LogP contribution < -0.4 is 15.5 Å². The van der Waals surface area contributed by atoms with Gasteiger partial charge in [0.15, 0.2) is 0 Å². The van der Waals surface area contributed by atoms with Gasteiger partial charge in [0.1, 0.15) is 11.9 Å². The van der Waals surface area contributed by atoms with Gasteiger partial charge < -0.3 is 15.2 Å². The highest BCUT2D eigenvalue weighted by atomic mass is 16.2. The van der Waals surface area contributed by atoms with E-state index in [-0.39, 0.29) is 18.7 Å². The Kier molecular flexibility index (Phi) is 10.1. The largest absolute Gasteiger partial charge is 0.368 e. The Hall–Kier alpha value is -6.19. The first-order valence-corrected chi connectivity index (χ1v) is 20.2. The lowest BCUT2D eigenvalue weighted by Gasteiger charge is -2.36. The molecule has 3 aromatic carbocycles. The third kappa shape index (κ3) is 7.38. The molecular weight excluding hydrogens is 737 g/mol. The third-order valence-electron chi connectivity index (χ3n) is 12.0. The van der Waals surface area contributed by atoms with Crippen molar-refractivity contribution in [3.8, 4) is 11.1 Å². The molecule has 5 amide bonds. The summed E-state index contributed by atoms with van der Waals surface area (Å²) in [5.41, 5.74) is 6.33. The number of hydrogen-bond acceptors (Lipinski definition) is 10. The molecular formula is C43H46N10O5. The maximum absolute atomic E-state index is 13.6. The van der Waals surface area contributed by atoms with Gasteiger partial charge in [0.25, 0.3) is 17.7 Å². The highest BCUT2D eigenvalue weighted by Crippen LogP contribution is 2.35. The fourth-order valence-corrected chi connectivity index (χ4v) is 8.71. The van der Waals surface area contributed by atoms with E-state index >= 15 is 0 Å². The molecule has 0 aliphatic carbocycles. The molecule has 3 fully saturated rings. The Morgan fingerprint density at radius 1 is 0.897 bits per heavy atom. The standard InChI is InChI=1S/C43H46N10O5/c1-27-5-3-17-51(27)26-37-46-33-13-12-31(23-34(33)47-37)45-40(55)29-10-8-28(9-11-29)30-24-44-52(25-30)18-4-16-49-19-21-50(22-20-49)35-7-2-6-32-39(35)43(58)53(42(32)57)36-14-15-38(54)48-41(36)56/h2,6-13,23-25,27,36H,3-5,14-22,26H2,1H3,(H,45,55)(H,46,47)(H,48,54,56)/t27-,36?/m0/s1. The van der Waals surface area contributed by atoms with E-state index in [1.807, 2.05) is 65.6 Å². The Morgan fingerprint density at radius 3 is 2.50 bits per heavy atom. The summed E-state index contributed by atoms with van der Waals surface area (Å²) in [6.07, 6.45) is 7.43. The first-order valence-electron chi connectivity index (χ1n) is 20.2. The van der Waals surface area contributed by atoms with Crippen LogP contribution in [0.3, 0.4) is 0 Å². The number of amides is 5. The summed E-state index contributed by atoms with van der Waals surface area (Å²) in [5, 5.41) is 9.86. The van der Waals surface area contributed by atoms with E-state index in [1.165, 1.54) is 12.8 Å². The molecule has 0 bridgehead atoms. The highest BCUT2D eigenvalue weighted by Gasteiger charge is 2.46. The van der Waals surface area contributed by atoms with E-state index in [9.17, 15) is 24.0 Å². The number of aromatic nitrogens is 4. The second-order valence-electron chi connectivity index (χ2n) is 15.7. The van der Waals surface area contributed by atoms with Crippen LogP contribution in [0.2, 0.25) is 0 Å². The Bertz CT molecular complexity index is 2410. The molecule has 58 heavy (non-hydrogen) atoms. The number of rotatable bonds is 11. The lowest BCUT2D eigenvalue weighted by atomic mass is 10.0. The first-order chi connectivity index (χ1) is 28.2. The van der Waals surface area contributed by atoms with Crippen molar-refractivity contribution in [1.82, 2.24) is 39.8 Å². The fraction of sp³-hybridized carbons (Fsp3) is 0.372. The van der Waals surface area contributed by atoms with Crippen molar-refractivity contribution in [2.75, 3.05) is 49.5 Å². The second kappa shape index (κ2) is 15.6. The summed E-state index contributed by atoms with van der Waals surface area (Å²) in [6.45, 7) is 8.76. The van der Waals surface area contributed by atoms with Crippen molar-refractivity contribution in [3.05, 3.63) is 95.6 Å². The Morgan fingerprint density at radius 2 is 1.72 bits per heavy atom. The van der Waals surface area contributed by atoms with E-state index in [1.54, 1.807) is 12.1 Å². The molecule has 0 radical (unpaired) electrons. The van der Waals surface area contributed by atoms with Crippen LogP contribution in [0.1, 0.15) is 75.9 Å². The predicted octanol–water partition coefficient (Wildman–Crippen LogP) is 4.28. The van der Waals surface area contributed by atoms with Gasteiger partial charge in [0.05, 0.1) is 40.6 Å². The molecule has 9 rings (SSSR count). The maximum atomic E-state index is 13.6. The number of piperidine rings is 1. The first kappa shape index (κ1) is 37.4. The molecule has 0 spiro atoms. The lowest BCUT2D eigenvalue weighted by Crippen LogP contribution is -2.54. The van der Waals surface area contributed by atoms with Crippen molar-refractivity contribution in [2.45, 2.75) is 64.2 Å². The van der Waals surface area contributed by atoms with Gasteiger partial charge in [-0.05, 0) is 87.2 Å². The number of hydrogen-bond donors (Lipinski definition) is 3. The lowest BCUT2D eigenvalue weighted by molar-refractivity contribution is -0.136. The van der Waals surface area contributed by atoms with Crippen LogP contribution in [0.5, 0.6) is 0 Å². The number of likely N-dealkylation sites (tertiary alicyclic amines) is 1. The number of aromatic amines is 1. The van der Waals surface area contributed by atoms with Crippen LogP contribution in [-0.4, -0.2) is 115 Å². The van der Waals surface area contributed by atoms with E-state index in [2.05, 4.69) is 42.3 Å². The molecule has 6 heterocycles. The zero-order valence-electron chi connectivity index (χ0n) is 32.4. The SMILES string of the molecule is C[C@H]1CCCN1Cc1nc2cc(NC(=O)c3ccc(-c4cnn(CCCN5CCN(c6cccc7c6C(=O)N(C6CCC(=O)NC6=O)C7=O)CC5)c4)cc3)ccc2[nH]1. The van der Waals surface area contributed by atoms with Crippen molar-refractivity contribution in [2.24, 2.45) is 0 Å². The number of imide groups is 2. The molecule has 2 aromatic heterocycles. The molecule has 4 aliphatic rings. The topological polar surface area (TPSA) is 169 Å². The number of aryl methyl sites for hydroxylation is 1. The van der Waals surface area contributed by atoms with Crippen LogP contribution in [-0.2, 0) is 22.7 Å². The molecule has 4 aliphatic heterocycles. The molecule has 15 nitrogen and oxygen atoms in total. The second-order valence-corrected chi connectivity index (χ2v) is 15.7. The highest BCUT2D eigenvalue weighted by molar-refractivity contribution is 6.25. The normalized spacial score (nSPS) is 20.3. The van der Waals surface area contributed by atoms with Crippen LogP contribution >= 0.6 is 0 Å². The number of fused-ring (bicyclic) bond motifs is 2. The van der Waals surface area contributed by atoms with Crippen LogP contribution in [0.15, 0.2) is 73.1 Å². The molecule has 3 saturated heterocycles. The minimum Gasteiger partial charge on any atom is -0.368 e. The summed E-state index contributed by atoms with van der Waals surface area (Å²) < 4.78 is 1.94. The van der Waals surface area contributed by atoms with Crippen molar-refractivity contribution < 1.29 is 24.0 Å². The number of nitrogens with zero attached hydrogens (tertiary/aromatic N) is 7. The monoisotopic (exact) mass is 782 g/mol. The van der Waals surface area contributed by atoms with Crippen molar-refractivity contribution >= 4 is 51.9 Å². The zero-order chi connectivity index (χ0) is 39.9. The Balaban J connectivity index is 0.746. The van der Waals surface area contributed by atoms with Gasteiger partial charge in [-0.3, -0.25) is 48.7 Å². The summed E-state index contributed by atoms with van der Waals surface area (Å²) in [4.78, 5) is 80.4. The number of benzene rings is 3. The van der Waals surface area contributed by atoms with Gasteiger partial charge in [-0.2, -0.15) is 5.10 Å². The molecule has 298 valence electrons. The number of carbonyl (C=O) groups is 5. The minimum atomic E-state index is -0.988. The minimum absolute atomic E-state index is 0.0850. The number of nitrogens with one attached hydrogen (secondary N) is 3. The molecule has 2 atom stereocenters. The zero-order valence-corrected chi connectivity index (χ0v) is 32.4. The number of imidazole rings is 1. The van der Waals surface area contributed by atoms with Crippen molar-refractivity contribution in [3.63, 3.8) is 0 Å². The smallest absolute Gasteiger partial charge is 0.264 e. The predicted molar refractivity (Wildman–Crippen MR) is 217 cm³/mol. The molecule has 1 unspecified atom stereocenters. The summed E-state index contributed by atoms with van der Waals surface area (Å²) >= 11 is 0. The van der Waals surface area contributed by atoms with Crippen LogP contribution in [0.25, 0.3) is 22.2 Å². The van der Waals surface area contributed by atoms with E-state index in [0.29, 0.717) is 47.2 Å². The van der Waals surface area contributed by atoms with E-state index in [0.717, 1.165) is 78.6 Å². The van der Waals surface area contributed by atoms with Crippen LogP contribution in [0.4, 0.5) is 11.4 Å². The number of piperazine rings is 1. The quantitative estimate of drug-likeness (QED) is 0.165. The van der Waals surface area contributed by atoms with Gasteiger partial charge in [-0.25, -0.2) is 4.98 Å².